The van der Waals surface area contributed by atoms with Crippen LogP contribution in [0, 0.1) is 0 Å². The van der Waals surface area contributed by atoms with E-state index in [0.29, 0.717) is 5.82 Å². The molecule has 314 valence electrons. The van der Waals surface area contributed by atoms with Crippen molar-refractivity contribution in [3.05, 3.63) is 205 Å². The lowest BCUT2D eigenvalue weighted by atomic mass is 9.84. The van der Waals surface area contributed by atoms with Crippen molar-refractivity contribution in [1.29, 1.82) is 0 Å². The van der Waals surface area contributed by atoms with E-state index in [2.05, 4.69) is 234 Å². The third-order valence-corrected chi connectivity index (χ3v) is 12.7. The van der Waals surface area contributed by atoms with Crippen LogP contribution in [0.5, 0.6) is 0 Å². The number of rotatable bonds is 6. The topological polar surface area (TPSA) is 34.0 Å². The summed E-state index contributed by atoms with van der Waals surface area (Å²) in [5.74, 6) is 0.683. The molecule has 0 N–H and O–H groups in total. The van der Waals surface area contributed by atoms with Gasteiger partial charge in [-0.1, -0.05) is 163 Å². The second-order valence-corrected chi connectivity index (χ2v) is 19.2. The van der Waals surface area contributed by atoms with Gasteiger partial charge >= 0.3 is 0 Å². The molecule has 9 aromatic rings. The van der Waals surface area contributed by atoms with Crippen LogP contribution in [0.15, 0.2) is 189 Å². The molecular formula is C60H54N4. The van der Waals surface area contributed by atoms with Gasteiger partial charge in [-0.05, 0) is 112 Å². The molecule has 2 aromatic heterocycles. The Hall–Kier alpha value is -7.30. The summed E-state index contributed by atoms with van der Waals surface area (Å²) in [5, 5.41) is 2.50. The molecule has 1 aliphatic heterocycles. The summed E-state index contributed by atoms with van der Waals surface area (Å²) in [6.07, 6.45) is 5.35. The van der Waals surface area contributed by atoms with Crippen LogP contribution in [0.4, 0.5) is 11.4 Å². The normalized spacial score (nSPS) is 13.8. The second kappa shape index (κ2) is 16.1. The zero-order chi connectivity index (χ0) is 44.2. The Balaban J connectivity index is 1.05. The molecule has 4 nitrogen and oxygen atoms in total. The van der Waals surface area contributed by atoms with Gasteiger partial charge in [0, 0.05) is 56.6 Å². The monoisotopic (exact) mass is 830 g/mol. The Bertz CT molecular complexity index is 3260. The maximum Gasteiger partial charge on any atom is 0.160 e. The van der Waals surface area contributed by atoms with Crippen molar-refractivity contribution >= 4 is 38.8 Å². The fraction of sp³-hybridized carbons (Fsp3) is 0.167. The average Bonchev–Trinajstić information content (AvgIpc) is 3.64. The first-order chi connectivity index (χ1) is 30.9. The fourth-order valence-corrected chi connectivity index (χ4v) is 9.10. The third kappa shape index (κ3) is 7.75. The summed E-state index contributed by atoms with van der Waals surface area (Å²) in [7, 11) is 0. The van der Waals surface area contributed by atoms with Crippen molar-refractivity contribution in [3.63, 3.8) is 0 Å². The predicted octanol–water partition coefficient (Wildman–Crippen LogP) is 15.9. The van der Waals surface area contributed by atoms with E-state index in [9.17, 15) is 0 Å². The first-order valence-electron chi connectivity index (χ1n) is 22.5. The van der Waals surface area contributed by atoms with Crippen LogP contribution in [0.1, 0.15) is 64.7 Å². The lowest BCUT2D eigenvalue weighted by Crippen LogP contribution is -2.21. The minimum Gasteiger partial charge on any atom is -0.341 e. The Morgan fingerprint density at radius 3 is 1.86 bits per heavy atom. The molecule has 0 bridgehead atoms. The molecule has 0 unspecified atom stereocenters. The molecule has 0 radical (unpaired) electrons. The number of fused-ring (bicyclic) bond motifs is 4. The van der Waals surface area contributed by atoms with Crippen molar-refractivity contribution in [2.45, 2.75) is 58.8 Å². The molecule has 1 aliphatic rings. The lowest BCUT2D eigenvalue weighted by Gasteiger charge is -2.30. The van der Waals surface area contributed by atoms with Gasteiger partial charge in [0.1, 0.15) is 0 Å². The van der Waals surface area contributed by atoms with Crippen molar-refractivity contribution in [1.82, 2.24) is 14.5 Å². The first kappa shape index (κ1) is 40.8. The van der Waals surface area contributed by atoms with Gasteiger partial charge in [-0.2, -0.15) is 0 Å². The van der Waals surface area contributed by atoms with E-state index in [1.165, 1.54) is 44.2 Å². The Labute approximate surface area is 377 Å². The van der Waals surface area contributed by atoms with Crippen LogP contribution < -0.4 is 4.90 Å². The number of allylic oxidation sites excluding steroid dienone is 2. The number of para-hydroxylation sites is 1. The molecule has 0 spiro atoms. The van der Waals surface area contributed by atoms with Gasteiger partial charge in [0.15, 0.2) is 5.82 Å². The minimum atomic E-state index is 0.0396. The number of nitrogens with zero attached hydrogens (tertiary/aromatic N) is 4. The summed E-state index contributed by atoms with van der Waals surface area (Å²) in [6, 6.07) is 61.5. The van der Waals surface area contributed by atoms with E-state index >= 15 is 0 Å². The summed E-state index contributed by atoms with van der Waals surface area (Å²) in [4.78, 5) is 13.0. The summed E-state index contributed by atoms with van der Waals surface area (Å²) < 4.78 is 2.38. The van der Waals surface area contributed by atoms with Crippen molar-refractivity contribution in [3.8, 4) is 50.7 Å². The highest BCUT2D eigenvalue weighted by Crippen LogP contribution is 2.40. The molecule has 64 heavy (non-hydrogen) atoms. The molecule has 0 saturated carbocycles. The van der Waals surface area contributed by atoms with Crippen molar-refractivity contribution in [2.75, 3.05) is 11.4 Å². The number of anilines is 2. The van der Waals surface area contributed by atoms with E-state index in [-0.39, 0.29) is 10.8 Å². The third-order valence-electron chi connectivity index (χ3n) is 12.7. The number of benzene rings is 7. The Morgan fingerprint density at radius 1 is 0.484 bits per heavy atom. The van der Waals surface area contributed by atoms with E-state index in [1.54, 1.807) is 0 Å². The maximum atomic E-state index is 5.34. The zero-order valence-electron chi connectivity index (χ0n) is 37.7. The SMILES string of the molecule is C=C1/C=C\CCN(c2cccc(-c3cccc(-c4cc(-c5ccccc5)nc(-c5cccc(-n6c7ccccc7c7cc(C(C)(C)C)ccc76)c5)n4)c3)c2)c2ccc(C(C)(C)C)cc21. The minimum absolute atomic E-state index is 0.0396. The highest BCUT2D eigenvalue weighted by molar-refractivity contribution is 6.09. The van der Waals surface area contributed by atoms with E-state index in [0.717, 1.165) is 69.1 Å². The van der Waals surface area contributed by atoms with Gasteiger partial charge < -0.3 is 9.47 Å². The smallest absolute Gasteiger partial charge is 0.160 e. The molecular weight excluding hydrogens is 777 g/mol. The summed E-state index contributed by atoms with van der Waals surface area (Å²) >= 11 is 0. The maximum absolute atomic E-state index is 5.34. The summed E-state index contributed by atoms with van der Waals surface area (Å²) in [6.45, 7) is 19.0. The van der Waals surface area contributed by atoms with Crippen LogP contribution in [-0.2, 0) is 10.8 Å². The van der Waals surface area contributed by atoms with E-state index < -0.39 is 0 Å². The molecule has 0 amide bonds. The molecule has 0 fully saturated rings. The van der Waals surface area contributed by atoms with Gasteiger partial charge in [-0.25, -0.2) is 9.97 Å². The number of aromatic nitrogens is 3. The van der Waals surface area contributed by atoms with Crippen molar-refractivity contribution < 1.29 is 0 Å². The van der Waals surface area contributed by atoms with Crippen LogP contribution >= 0.6 is 0 Å². The van der Waals surface area contributed by atoms with Gasteiger partial charge in [0.2, 0.25) is 0 Å². The predicted molar refractivity (Wildman–Crippen MR) is 272 cm³/mol. The number of hydrogen-bond donors (Lipinski definition) is 0. The molecule has 7 aromatic carbocycles. The zero-order valence-corrected chi connectivity index (χ0v) is 37.7. The lowest BCUT2D eigenvalue weighted by molar-refractivity contribution is 0.590. The van der Waals surface area contributed by atoms with E-state index in [4.69, 9.17) is 9.97 Å². The Morgan fingerprint density at radius 2 is 1.08 bits per heavy atom. The van der Waals surface area contributed by atoms with Crippen LogP contribution in [0.2, 0.25) is 0 Å². The first-order valence-corrected chi connectivity index (χ1v) is 22.5. The largest absolute Gasteiger partial charge is 0.341 e. The molecule has 0 saturated heterocycles. The molecule has 4 heteroatoms. The number of hydrogen-bond acceptors (Lipinski definition) is 3. The van der Waals surface area contributed by atoms with Crippen LogP contribution in [0.3, 0.4) is 0 Å². The van der Waals surface area contributed by atoms with Crippen LogP contribution in [0.25, 0.3) is 78.1 Å². The van der Waals surface area contributed by atoms with E-state index in [1.807, 2.05) is 6.07 Å². The molecule has 0 atom stereocenters. The van der Waals surface area contributed by atoms with Crippen molar-refractivity contribution in [2.24, 2.45) is 0 Å². The quantitative estimate of drug-likeness (QED) is 0.167. The van der Waals surface area contributed by atoms with Crippen LogP contribution in [-0.4, -0.2) is 21.1 Å². The molecule has 3 heterocycles. The van der Waals surface area contributed by atoms with Gasteiger partial charge in [-0.3, -0.25) is 0 Å². The summed E-state index contributed by atoms with van der Waals surface area (Å²) in [5.41, 5.74) is 17.8. The second-order valence-electron chi connectivity index (χ2n) is 19.2. The average molecular weight is 831 g/mol. The van der Waals surface area contributed by atoms with Gasteiger partial charge in [-0.15, -0.1) is 0 Å². The Kier molecular flexibility index (Phi) is 10.3. The fourth-order valence-electron chi connectivity index (χ4n) is 9.10. The molecule has 10 rings (SSSR count). The van der Waals surface area contributed by atoms with Gasteiger partial charge in [0.25, 0.3) is 0 Å². The van der Waals surface area contributed by atoms with Gasteiger partial charge in [0.05, 0.1) is 22.4 Å². The highest BCUT2D eigenvalue weighted by Gasteiger charge is 2.22. The standard InChI is InChI=1S/C60H54N4/c1-40-18-13-14-33-63(55-31-29-46(37-51(40)55)59(2,3)4)48-25-16-22-43(35-48)42-21-15-23-44(34-42)54-39-53(41-19-9-8-10-20-41)61-58(62-54)45-24-17-26-49(36-45)64-56-28-12-11-27-50(56)52-38-47(60(5,6)7)30-32-57(52)64/h8-13,15-32,34-39H,1,14,33H2,2-7H3/b18-13-. The highest BCUT2D eigenvalue weighted by atomic mass is 15.1. The molecule has 0 aliphatic carbocycles.